The van der Waals surface area contributed by atoms with E-state index in [9.17, 15) is 9.18 Å². The van der Waals surface area contributed by atoms with Crippen molar-refractivity contribution in [2.75, 3.05) is 31.1 Å². The highest BCUT2D eigenvalue weighted by Gasteiger charge is 2.24. The molecule has 0 N–H and O–H groups in total. The maximum Gasteiger partial charge on any atom is 0.256 e. The highest BCUT2D eigenvalue weighted by atomic mass is 19.1. The lowest BCUT2D eigenvalue weighted by molar-refractivity contribution is 0.0742. The number of aryl methyl sites for hydroxylation is 1. The molecule has 0 atom stereocenters. The van der Waals surface area contributed by atoms with Gasteiger partial charge in [0.05, 0.1) is 11.3 Å². The molecule has 29 heavy (non-hydrogen) atoms. The number of carbonyl (C=O) groups is 1. The molecule has 0 bridgehead atoms. The molecule has 0 aliphatic carbocycles. The van der Waals surface area contributed by atoms with Crippen LogP contribution >= 0.6 is 0 Å². The van der Waals surface area contributed by atoms with E-state index < -0.39 is 5.82 Å². The second kappa shape index (κ2) is 8.39. The summed E-state index contributed by atoms with van der Waals surface area (Å²) in [5.74, 6) is 0.0463. The lowest BCUT2D eigenvalue weighted by atomic mass is 10.1. The molecule has 0 spiro atoms. The van der Waals surface area contributed by atoms with E-state index in [1.807, 2.05) is 12.1 Å². The molecular formula is C23H23FN4O. The number of piperazine rings is 1. The van der Waals surface area contributed by atoms with E-state index >= 15 is 0 Å². The molecule has 0 unspecified atom stereocenters. The number of aromatic nitrogens is 2. The number of rotatable bonds is 4. The normalized spacial score (nSPS) is 14.1. The predicted octanol–water partition coefficient (Wildman–Crippen LogP) is 3.81. The first-order valence-electron chi connectivity index (χ1n) is 9.87. The van der Waals surface area contributed by atoms with Crippen molar-refractivity contribution in [1.82, 2.24) is 15.1 Å². The third-order valence-corrected chi connectivity index (χ3v) is 5.30. The summed E-state index contributed by atoms with van der Waals surface area (Å²) in [7, 11) is 0. The second-order valence-electron chi connectivity index (χ2n) is 7.09. The minimum absolute atomic E-state index is 0.124. The van der Waals surface area contributed by atoms with E-state index in [-0.39, 0.29) is 11.5 Å². The fourth-order valence-electron chi connectivity index (χ4n) is 3.50. The highest BCUT2D eigenvalue weighted by molar-refractivity contribution is 5.94. The number of nitrogens with zero attached hydrogens (tertiary/aromatic N) is 4. The number of benzene rings is 2. The summed E-state index contributed by atoms with van der Waals surface area (Å²) in [5.41, 5.74) is 3.30. The Kier molecular flexibility index (Phi) is 5.51. The first-order valence-corrected chi connectivity index (χ1v) is 9.87. The van der Waals surface area contributed by atoms with Gasteiger partial charge in [-0.1, -0.05) is 43.3 Å². The summed E-state index contributed by atoms with van der Waals surface area (Å²) in [6.45, 7) is 4.45. The SMILES string of the molecule is CCc1ccc(-c2ccc(N3CCN(C(=O)c4ccccc4F)CC3)nn2)cc1. The summed E-state index contributed by atoms with van der Waals surface area (Å²) >= 11 is 0. The zero-order chi connectivity index (χ0) is 20.2. The maximum atomic E-state index is 13.9. The molecule has 1 aliphatic heterocycles. The van der Waals surface area contributed by atoms with Crippen molar-refractivity contribution < 1.29 is 9.18 Å². The molecule has 1 saturated heterocycles. The van der Waals surface area contributed by atoms with Crippen molar-refractivity contribution in [2.45, 2.75) is 13.3 Å². The fraction of sp³-hybridized carbons (Fsp3) is 0.261. The lowest BCUT2D eigenvalue weighted by Crippen LogP contribution is -2.49. The smallest absolute Gasteiger partial charge is 0.256 e. The third kappa shape index (κ3) is 4.11. The number of hydrogen-bond donors (Lipinski definition) is 0. The molecule has 1 fully saturated rings. The van der Waals surface area contributed by atoms with E-state index in [1.54, 1.807) is 17.0 Å². The van der Waals surface area contributed by atoms with Gasteiger partial charge in [0.25, 0.3) is 5.91 Å². The van der Waals surface area contributed by atoms with Gasteiger partial charge in [0, 0.05) is 31.7 Å². The zero-order valence-corrected chi connectivity index (χ0v) is 16.4. The molecule has 4 rings (SSSR count). The Morgan fingerprint density at radius 3 is 2.28 bits per heavy atom. The van der Waals surface area contributed by atoms with E-state index in [4.69, 9.17) is 0 Å². The Labute approximate surface area is 169 Å². The molecule has 1 amide bonds. The second-order valence-corrected chi connectivity index (χ2v) is 7.09. The average Bonchev–Trinajstić information content (AvgIpc) is 2.79. The van der Waals surface area contributed by atoms with Crippen LogP contribution in [0.3, 0.4) is 0 Å². The molecular weight excluding hydrogens is 367 g/mol. The van der Waals surface area contributed by atoms with Crippen LogP contribution in [0.4, 0.5) is 10.2 Å². The molecule has 148 valence electrons. The molecule has 2 heterocycles. The first kappa shape index (κ1) is 19.1. The van der Waals surface area contributed by atoms with Gasteiger partial charge >= 0.3 is 0 Å². The van der Waals surface area contributed by atoms with E-state index in [0.717, 1.165) is 23.5 Å². The summed E-state index contributed by atoms with van der Waals surface area (Å²) in [6, 6.07) is 18.4. The first-order chi connectivity index (χ1) is 14.2. The molecule has 3 aromatic rings. The van der Waals surface area contributed by atoms with E-state index in [2.05, 4.69) is 46.3 Å². The van der Waals surface area contributed by atoms with Gasteiger partial charge in [-0.05, 0) is 36.2 Å². The van der Waals surface area contributed by atoms with Gasteiger partial charge < -0.3 is 9.80 Å². The van der Waals surface area contributed by atoms with Crippen molar-refractivity contribution in [3.63, 3.8) is 0 Å². The van der Waals surface area contributed by atoms with Crippen LogP contribution in [0.5, 0.6) is 0 Å². The lowest BCUT2D eigenvalue weighted by Gasteiger charge is -2.35. The number of amides is 1. The van der Waals surface area contributed by atoms with Crippen molar-refractivity contribution in [3.05, 3.63) is 77.6 Å². The van der Waals surface area contributed by atoms with Gasteiger partial charge in [-0.3, -0.25) is 4.79 Å². The van der Waals surface area contributed by atoms with Gasteiger partial charge in [0.2, 0.25) is 0 Å². The molecule has 5 nitrogen and oxygen atoms in total. The minimum Gasteiger partial charge on any atom is -0.352 e. The van der Waals surface area contributed by atoms with Crippen LogP contribution < -0.4 is 4.90 Å². The minimum atomic E-state index is -0.478. The van der Waals surface area contributed by atoms with E-state index in [1.165, 1.54) is 17.7 Å². The van der Waals surface area contributed by atoms with Crippen molar-refractivity contribution in [1.29, 1.82) is 0 Å². The molecule has 1 aliphatic rings. The van der Waals surface area contributed by atoms with Gasteiger partial charge in [0.1, 0.15) is 5.82 Å². The zero-order valence-electron chi connectivity index (χ0n) is 16.4. The Bertz CT molecular complexity index is 981. The Morgan fingerprint density at radius 2 is 1.66 bits per heavy atom. The van der Waals surface area contributed by atoms with Gasteiger partial charge in [0.15, 0.2) is 5.82 Å². The Hall–Kier alpha value is -3.28. The summed E-state index contributed by atoms with van der Waals surface area (Å²) < 4.78 is 13.9. The van der Waals surface area contributed by atoms with Crippen molar-refractivity contribution in [2.24, 2.45) is 0 Å². The van der Waals surface area contributed by atoms with Crippen molar-refractivity contribution in [3.8, 4) is 11.3 Å². The molecule has 6 heteroatoms. The summed E-state index contributed by atoms with van der Waals surface area (Å²) in [5, 5.41) is 8.75. The van der Waals surface area contributed by atoms with Crippen LogP contribution in [-0.4, -0.2) is 47.2 Å². The predicted molar refractivity (Wildman–Crippen MR) is 111 cm³/mol. The van der Waals surface area contributed by atoms with Gasteiger partial charge in [-0.15, -0.1) is 10.2 Å². The van der Waals surface area contributed by atoms with E-state index in [0.29, 0.717) is 26.2 Å². The largest absolute Gasteiger partial charge is 0.352 e. The van der Waals surface area contributed by atoms with Crippen LogP contribution in [0.25, 0.3) is 11.3 Å². The highest BCUT2D eigenvalue weighted by Crippen LogP contribution is 2.21. The van der Waals surface area contributed by atoms with Crippen LogP contribution in [0.15, 0.2) is 60.7 Å². The summed E-state index contributed by atoms with van der Waals surface area (Å²) in [4.78, 5) is 16.3. The van der Waals surface area contributed by atoms with Gasteiger partial charge in [-0.25, -0.2) is 4.39 Å². The Balaban J connectivity index is 1.39. The maximum absolute atomic E-state index is 13.9. The van der Waals surface area contributed by atoms with Crippen molar-refractivity contribution >= 4 is 11.7 Å². The topological polar surface area (TPSA) is 49.3 Å². The molecule has 2 aromatic carbocycles. The Morgan fingerprint density at radius 1 is 0.931 bits per heavy atom. The van der Waals surface area contributed by atoms with Gasteiger partial charge in [-0.2, -0.15) is 0 Å². The van der Waals surface area contributed by atoms with Crippen LogP contribution in [0.1, 0.15) is 22.8 Å². The third-order valence-electron chi connectivity index (χ3n) is 5.30. The fourth-order valence-corrected chi connectivity index (χ4v) is 3.50. The average molecular weight is 390 g/mol. The molecule has 1 aromatic heterocycles. The monoisotopic (exact) mass is 390 g/mol. The number of hydrogen-bond acceptors (Lipinski definition) is 4. The van der Waals surface area contributed by atoms with Crippen LogP contribution in [-0.2, 0) is 6.42 Å². The molecule has 0 saturated carbocycles. The standard InChI is InChI=1S/C23H23FN4O/c1-2-17-7-9-18(10-8-17)21-11-12-22(26-25-21)27-13-15-28(16-14-27)23(29)19-5-3-4-6-20(19)24/h3-12H,2,13-16H2,1H3. The number of halogens is 1. The summed E-state index contributed by atoms with van der Waals surface area (Å²) in [6.07, 6.45) is 1.01. The number of carbonyl (C=O) groups excluding carboxylic acids is 1. The van der Waals surface area contributed by atoms with Crippen LogP contribution in [0, 0.1) is 5.82 Å². The molecule has 0 radical (unpaired) electrons. The van der Waals surface area contributed by atoms with Crippen LogP contribution in [0.2, 0.25) is 0 Å². The quantitative estimate of drug-likeness (QED) is 0.680. The number of anilines is 1.